The summed E-state index contributed by atoms with van der Waals surface area (Å²) in [6, 6.07) is 0.348. The molecule has 4 nitrogen and oxygen atoms in total. The van der Waals surface area contributed by atoms with E-state index < -0.39 is 0 Å². The Hall–Kier alpha value is -0.610. The molecule has 0 radical (unpaired) electrons. The van der Waals surface area contributed by atoms with E-state index in [9.17, 15) is 4.79 Å². The number of hydrogen-bond donors (Lipinski definition) is 2. The molecule has 0 spiro atoms. The first-order valence-electron chi connectivity index (χ1n) is 7.48. The summed E-state index contributed by atoms with van der Waals surface area (Å²) in [4.78, 5) is 14.2. The van der Waals surface area contributed by atoms with Crippen LogP contribution in [0.5, 0.6) is 0 Å². The van der Waals surface area contributed by atoms with Crippen molar-refractivity contribution in [1.82, 2.24) is 15.5 Å². The van der Waals surface area contributed by atoms with Crippen molar-refractivity contribution in [3.05, 3.63) is 0 Å². The normalized spacial score (nSPS) is 24.7. The Bertz CT molecular complexity index is 258. The van der Waals surface area contributed by atoms with Gasteiger partial charge in [-0.25, -0.2) is 0 Å². The first-order chi connectivity index (χ1) is 8.75. The van der Waals surface area contributed by atoms with E-state index in [-0.39, 0.29) is 5.91 Å². The number of carbonyl (C=O) groups excluding carboxylic acids is 1. The Balaban J connectivity index is 1.68. The fourth-order valence-corrected chi connectivity index (χ4v) is 3.12. The highest BCUT2D eigenvalue weighted by Gasteiger charge is 2.22. The Morgan fingerprint density at radius 1 is 1.28 bits per heavy atom. The zero-order chi connectivity index (χ0) is 12.8. The fraction of sp³-hybridized carbons (Fsp3) is 0.929. The maximum Gasteiger partial charge on any atom is 0.234 e. The van der Waals surface area contributed by atoms with Gasteiger partial charge in [0.1, 0.15) is 0 Å². The van der Waals surface area contributed by atoms with Gasteiger partial charge in [0.25, 0.3) is 0 Å². The molecule has 1 aliphatic heterocycles. The molecule has 1 saturated carbocycles. The molecule has 2 fully saturated rings. The predicted molar refractivity (Wildman–Crippen MR) is 73.5 cm³/mol. The topological polar surface area (TPSA) is 44.4 Å². The average molecular weight is 253 g/mol. The molecule has 4 heteroatoms. The van der Waals surface area contributed by atoms with Gasteiger partial charge in [-0.15, -0.1) is 0 Å². The van der Waals surface area contributed by atoms with Crippen LogP contribution in [-0.4, -0.2) is 49.6 Å². The first-order valence-corrected chi connectivity index (χ1v) is 7.48. The summed E-state index contributed by atoms with van der Waals surface area (Å²) in [6.45, 7) is 6.73. The van der Waals surface area contributed by atoms with Crippen molar-refractivity contribution in [1.29, 1.82) is 0 Å². The lowest BCUT2D eigenvalue weighted by atomic mass is 9.84. The Morgan fingerprint density at radius 2 is 1.94 bits per heavy atom. The third kappa shape index (κ3) is 4.25. The molecular formula is C14H27N3O. The molecule has 1 aliphatic carbocycles. The number of piperazine rings is 1. The van der Waals surface area contributed by atoms with Crippen LogP contribution in [0.25, 0.3) is 0 Å². The summed E-state index contributed by atoms with van der Waals surface area (Å²) in [5, 5.41) is 6.50. The lowest BCUT2D eigenvalue weighted by Gasteiger charge is -2.30. The molecule has 0 aromatic carbocycles. The monoisotopic (exact) mass is 253 g/mol. The van der Waals surface area contributed by atoms with Crippen molar-refractivity contribution in [2.75, 3.05) is 32.7 Å². The van der Waals surface area contributed by atoms with Gasteiger partial charge < -0.3 is 10.6 Å². The van der Waals surface area contributed by atoms with Gasteiger partial charge in [-0.2, -0.15) is 0 Å². The Kier molecular flexibility index (Phi) is 5.45. The zero-order valence-corrected chi connectivity index (χ0v) is 11.6. The summed E-state index contributed by atoms with van der Waals surface area (Å²) < 4.78 is 0. The van der Waals surface area contributed by atoms with E-state index in [1.165, 1.54) is 32.1 Å². The minimum Gasteiger partial charge on any atom is -0.352 e. The fourth-order valence-electron chi connectivity index (χ4n) is 3.12. The van der Waals surface area contributed by atoms with Gasteiger partial charge in [-0.3, -0.25) is 9.69 Å². The zero-order valence-electron chi connectivity index (χ0n) is 11.6. The van der Waals surface area contributed by atoms with Crippen molar-refractivity contribution >= 4 is 5.91 Å². The van der Waals surface area contributed by atoms with Crippen molar-refractivity contribution in [2.24, 2.45) is 5.92 Å². The van der Waals surface area contributed by atoms with Gasteiger partial charge in [-0.1, -0.05) is 19.3 Å². The molecule has 1 heterocycles. The standard InChI is InChI=1S/C14H27N3O/c1-12(13-5-3-2-4-6-13)16-14(18)11-17-9-7-15-8-10-17/h12-13,15H,2-11H2,1H3,(H,16,18). The lowest BCUT2D eigenvalue weighted by molar-refractivity contribution is -0.123. The van der Waals surface area contributed by atoms with E-state index in [4.69, 9.17) is 0 Å². The molecule has 104 valence electrons. The molecule has 0 aromatic rings. The molecule has 0 aromatic heterocycles. The number of carbonyl (C=O) groups is 1. The molecular weight excluding hydrogens is 226 g/mol. The van der Waals surface area contributed by atoms with Gasteiger partial charge in [0, 0.05) is 32.2 Å². The highest BCUT2D eigenvalue weighted by atomic mass is 16.2. The van der Waals surface area contributed by atoms with Crippen LogP contribution >= 0.6 is 0 Å². The van der Waals surface area contributed by atoms with Gasteiger partial charge in [-0.05, 0) is 25.7 Å². The van der Waals surface area contributed by atoms with Crippen LogP contribution in [0.4, 0.5) is 0 Å². The lowest BCUT2D eigenvalue weighted by Crippen LogP contribution is -2.49. The van der Waals surface area contributed by atoms with Crippen LogP contribution in [-0.2, 0) is 4.79 Å². The minimum absolute atomic E-state index is 0.204. The molecule has 2 aliphatic rings. The molecule has 2 rings (SSSR count). The van der Waals surface area contributed by atoms with Crippen LogP contribution in [0.15, 0.2) is 0 Å². The van der Waals surface area contributed by atoms with Crippen molar-refractivity contribution in [3.8, 4) is 0 Å². The van der Waals surface area contributed by atoms with Crippen molar-refractivity contribution in [2.45, 2.75) is 45.1 Å². The molecule has 0 bridgehead atoms. The molecule has 1 unspecified atom stereocenters. The number of rotatable bonds is 4. The number of amides is 1. The summed E-state index contributed by atoms with van der Waals surface area (Å²) >= 11 is 0. The molecule has 18 heavy (non-hydrogen) atoms. The van der Waals surface area contributed by atoms with Crippen LogP contribution in [0.1, 0.15) is 39.0 Å². The predicted octanol–water partition coefficient (Wildman–Crippen LogP) is 0.977. The van der Waals surface area contributed by atoms with Crippen molar-refractivity contribution in [3.63, 3.8) is 0 Å². The smallest absolute Gasteiger partial charge is 0.234 e. The second-order valence-corrected chi connectivity index (χ2v) is 5.78. The summed E-state index contributed by atoms with van der Waals surface area (Å²) in [6.07, 6.45) is 6.62. The SMILES string of the molecule is CC(NC(=O)CN1CCNCC1)C1CCCCC1. The van der Waals surface area contributed by atoms with Crippen LogP contribution in [0.3, 0.4) is 0 Å². The van der Waals surface area contributed by atoms with E-state index in [1.807, 2.05) is 0 Å². The van der Waals surface area contributed by atoms with Gasteiger partial charge in [0.05, 0.1) is 6.54 Å². The summed E-state index contributed by atoms with van der Waals surface area (Å²) in [5.74, 6) is 0.903. The van der Waals surface area contributed by atoms with E-state index in [2.05, 4.69) is 22.5 Å². The third-order valence-electron chi connectivity index (χ3n) is 4.32. The number of nitrogens with zero attached hydrogens (tertiary/aromatic N) is 1. The molecule has 2 N–H and O–H groups in total. The first kappa shape index (κ1) is 13.8. The van der Waals surface area contributed by atoms with Crippen LogP contribution in [0, 0.1) is 5.92 Å². The van der Waals surface area contributed by atoms with E-state index in [0.717, 1.165) is 26.2 Å². The van der Waals surface area contributed by atoms with Crippen molar-refractivity contribution < 1.29 is 4.79 Å². The van der Waals surface area contributed by atoms with E-state index >= 15 is 0 Å². The highest BCUT2D eigenvalue weighted by Crippen LogP contribution is 2.26. The molecule has 1 atom stereocenters. The van der Waals surface area contributed by atoms with Gasteiger partial charge in [0.15, 0.2) is 0 Å². The van der Waals surface area contributed by atoms with E-state index in [1.54, 1.807) is 0 Å². The van der Waals surface area contributed by atoms with Gasteiger partial charge >= 0.3 is 0 Å². The van der Waals surface area contributed by atoms with Crippen LogP contribution < -0.4 is 10.6 Å². The largest absolute Gasteiger partial charge is 0.352 e. The Morgan fingerprint density at radius 3 is 2.61 bits per heavy atom. The van der Waals surface area contributed by atoms with Gasteiger partial charge in [0.2, 0.25) is 5.91 Å². The van der Waals surface area contributed by atoms with Crippen LogP contribution in [0.2, 0.25) is 0 Å². The quantitative estimate of drug-likeness (QED) is 0.785. The van der Waals surface area contributed by atoms with E-state index in [0.29, 0.717) is 18.5 Å². The summed E-state index contributed by atoms with van der Waals surface area (Å²) in [5.41, 5.74) is 0. The number of hydrogen-bond acceptors (Lipinski definition) is 3. The average Bonchev–Trinajstić information content (AvgIpc) is 2.40. The number of nitrogens with one attached hydrogen (secondary N) is 2. The summed E-state index contributed by atoms with van der Waals surface area (Å²) in [7, 11) is 0. The maximum absolute atomic E-state index is 12.0. The second kappa shape index (κ2) is 7.10. The third-order valence-corrected chi connectivity index (χ3v) is 4.32. The molecule has 1 amide bonds. The molecule has 1 saturated heterocycles. The minimum atomic E-state index is 0.204. The second-order valence-electron chi connectivity index (χ2n) is 5.78. The maximum atomic E-state index is 12.0. The highest BCUT2D eigenvalue weighted by molar-refractivity contribution is 5.78. The Labute approximate surface area is 110 Å².